The lowest BCUT2D eigenvalue weighted by atomic mass is 9.69. The monoisotopic (exact) mass is 530 g/mol. The molecule has 206 valence electrons. The maximum absolute atomic E-state index is 13.4. The third-order valence-electron chi connectivity index (χ3n) is 8.85. The third kappa shape index (κ3) is 5.55. The van der Waals surface area contributed by atoms with Gasteiger partial charge in [0.2, 0.25) is 0 Å². The smallest absolute Gasteiger partial charge is 0.340 e. The highest BCUT2D eigenvalue weighted by Gasteiger charge is 2.59. The summed E-state index contributed by atoms with van der Waals surface area (Å²) in [6.45, 7) is 10.6. The van der Waals surface area contributed by atoms with E-state index in [2.05, 4.69) is 50.7 Å². The van der Waals surface area contributed by atoms with E-state index in [1.807, 2.05) is 0 Å². The number of carbonyl (C=O) groups is 2. The summed E-state index contributed by atoms with van der Waals surface area (Å²) in [6, 6.07) is 6.91. The zero-order chi connectivity index (χ0) is 27.8. The first-order valence-electron chi connectivity index (χ1n) is 13.8. The van der Waals surface area contributed by atoms with Gasteiger partial charge in [0.25, 0.3) is 0 Å². The van der Waals surface area contributed by atoms with E-state index in [0.717, 1.165) is 31.3 Å². The van der Waals surface area contributed by atoms with Gasteiger partial charge in [0.05, 0.1) is 22.8 Å². The second-order valence-electron chi connectivity index (χ2n) is 11.9. The molecule has 6 unspecified atom stereocenters. The minimum Gasteiger partial charge on any atom is -0.458 e. The minimum absolute atomic E-state index is 0.0951. The topological polar surface area (TPSA) is 90.9 Å². The van der Waals surface area contributed by atoms with Crippen LogP contribution in [-0.4, -0.2) is 45.8 Å². The van der Waals surface area contributed by atoms with Crippen LogP contribution < -0.4 is 0 Å². The van der Waals surface area contributed by atoms with Gasteiger partial charge in [0.15, 0.2) is 0 Å². The Labute approximate surface area is 230 Å². The van der Waals surface area contributed by atoms with Crippen LogP contribution in [0, 0.1) is 11.3 Å². The van der Waals surface area contributed by atoms with Crippen LogP contribution in [0.15, 0.2) is 71.8 Å². The van der Waals surface area contributed by atoms with Crippen molar-refractivity contribution in [2.24, 2.45) is 11.3 Å². The van der Waals surface area contributed by atoms with Crippen molar-refractivity contribution in [3.63, 3.8) is 0 Å². The number of hydrogen-bond donors (Lipinski definition) is 0. The van der Waals surface area contributed by atoms with Gasteiger partial charge in [-0.1, -0.05) is 23.6 Å². The van der Waals surface area contributed by atoms with Crippen molar-refractivity contribution in [1.29, 1.82) is 0 Å². The third-order valence-corrected chi connectivity index (χ3v) is 8.85. The number of carbonyl (C=O) groups excluding carboxylic acids is 2. The SMILES string of the molecule is CC1=CC(OC(=O)c2cccnc2)C2(C)CCC(=C(C)C)C2C(OC(=O)c2cccnc2)CC2(C)OC2CC1. The molecular formula is C32H38N2O5. The first-order chi connectivity index (χ1) is 18.6. The van der Waals surface area contributed by atoms with Crippen molar-refractivity contribution in [3.8, 4) is 0 Å². The number of fused-ring (bicyclic) bond motifs is 2. The Bertz CT molecular complexity index is 1290. The largest absolute Gasteiger partial charge is 0.458 e. The lowest BCUT2D eigenvalue weighted by Crippen LogP contribution is -2.46. The van der Waals surface area contributed by atoms with Gasteiger partial charge in [-0.15, -0.1) is 0 Å². The van der Waals surface area contributed by atoms with Crippen molar-refractivity contribution in [2.75, 3.05) is 0 Å². The number of epoxide rings is 1. The van der Waals surface area contributed by atoms with E-state index in [4.69, 9.17) is 14.2 Å². The van der Waals surface area contributed by atoms with Crippen molar-refractivity contribution >= 4 is 11.9 Å². The molecule has 39 heavy (non-hydrogen) atoms. The van der Waals surface area contributed by atoms with Crippen LogP contribution in [0.3, 0.4) is 0 Å². The Hall–Kier alpha value is -3.32. The highest BCUT2D eigenvalue weighted by molar-refractivity contribution is 5.89. The minimum atomic E-state index is -0.505. The number of allylic oxidation sites excluding steroid dienone is 2. The molecule has 1 aliphatic heterocycles. The quantitative estimate of drug-likeness (QED) is 0.261. The Morgan fingerprint density at radius 1 is 0.974 bits per heavy atom. The molecule has 6 atom stereocenters. The van der Waals surface area contributed by atoms with Crippen LogP contribution in [0.5, 0.6) is 0 Å². The van der Waals surface area contributed by atoms with Gasteiger partial charge in [-0.2, -0.15) is 0 Å². The molecule has 3 heterocycles. The molecule has 5 rings (SSSR count). The number of rotatable bonds is 4. The second-order valence-corrected chi connectivity index (χ2v) is 11.9. The summed E-state index contributed by atoms with van der Waals surface area (Å²) in [5.41, 5.74) is 3.58. The van der Waals surface area contributed by atoms with Crippen molar-refractivity contribution in [2.45, 2.75) is 90.6 Å². The van der Waals surface area contributed by atoms with E-state index in [0.29, 0.717) is 17.5 Å². The second kappa shape index (κ2) is 10.7. The molecule has 7 heteroatoms. The molecule has 7 nitrogen and oxygen atoms in total. The summed E-state index contributed by atoms with van der Waals surface area (Å²) in [5.74, 6) is -0.958. The molecule has 2 fully saturated rings. The Morgan fingerprint density at radius 2 is 1.62 bits per heavy atom. The van der Waals surface area contributed by atoms with E-state index in [1.54, 1.807) is 36.7 Å². The normalized spacial score (nSPS) is 32.1. The summed E-state index contributed by atoms with van der Waals surface area (Å²) in [7, 11) is 0. The van der Waals surface area contributed by atoms with Gasteiger partial charge >= 0.3 is 11.9 Å². The summed E-state index contributed by atoms with van der Waals surface area (Å²) < 4.78 is 18.9. The molecule has 0 bridgehead atoms. The molecule has 2 aromatic heterocycles. The van der Waals surface area contributed by atoms with Crippen LogP contribution in [0.4, 0.5) is 0 Å². The van der Waals surface area contributed by atoms with E-state index in [9.17, 15) is 9.59 Å². The van der Waals surface area contributed by atoms with Gasteiger partial charge in [0.1, 0.15) is 12.2 Å². The fourth-order valence-corrected chi connectivity index (χ4v) is 6.52. The zero-order valence-corrected chi connectivity index (χ0v) is 23.5. The number of pyridine rings is 2. The van der Waals surface area contributed by atoms with Gasteiger partial charge in [-0.05, 0) is 83.7 Å². The average Bonchev–Trinajstić information content (AvgIpc) is 3.42. The number of aromatic nitrogens is 2. The molecule has 0 radical (unpaired) electrons. The summed E-state index contributed by atoms with van der Waals surface area (Å²) in [4.78, 5) is 34.9. The Kier molecular flexibility index (Phi) is 7.47. The molecule has 2 aliphatic carbocycles. The maximum atomic E-state index is 13.4. The molecule has 0 amide bonds. The molecule has 1 saturated heterocycles. The van der Waals surface area contributed by atoms with Gasteiger partial charge in [0, 0.05) is 42.5 Å². The van der Waals surface area contributed by atoms with E-state index >= 15 is 0 Å². The van der Waals surface area contributed by atoms with E-state index < -0.39 is 29.6 Å². The van der Waals surface area contributed by atoms with Crippen molar-refractivity contribution < 1.29 is 23.8 Å². The first kappa shape index (κ1) is 27.3. The van der Waals surface area contributed by atoms with E-state index in [-0.39, 0.29) is 17.6 Å². The van der Waals surface area contributed by atoms with Crippen LogP contribution in [-0.2, 0) is 14.2 Å². The predicted octanol–water partition coefficient (Wildman–Crippen LogP) is 6.27. The lowest BCUT2D eigenvalue weighted by molar-refractivity contribution is -0.0473. The van der Waals surface area contributed by atoms with Crippen LogP contribution in [0.1, 0.15) is 87.4 Å². The van der Waals surface area contributed by atoms with Crippen LogP contribution >= 0.6 is 0 Å². The maximum Gasteiger partial charge on any atom is 0.340 e. The average molecular weight is 531 g/mol. The molecule has 0 N–H and O–H groups in total. The van der Waals surface area contributed by atoms with Crippen LogP contribution in [0.2, 0.25) is 0 Å². The number of ether oxygens (including phenoxy) is 3. The number of nitrogens with zero attached hydrogens (tertiary/aromatic N) is 2. The summed E-state index contributed by atoms with van der Waals surface area (Å²) >= 11 is 0. The Morgan fingerprint density at radius 3 is 2.21 bits per heavy atom. The standard InChI is InChI=1S/C32H38N2O5/c1-20(2)24-12-13-31(4)27(38-30(36)23-9-7-15-34-19-23)16-21(3)10-11-26-32(5,39-26)17-25(28(24)31)37-29(35)22-8-6-14-33-18-22/h6-9,14-16,18-19,25-28H,10-13,17H2,1-5H3. The highest BCUT2D eigenvalue weighted by Crippen LogP contribution is 2.57. The predicted molar refractivity (Wildman–Crippen MR) is 147 cm³/mol. The molecular weight excluding hydrogens is 492 g/mol. The molecule has 0 spiro atoms. The summed E-state index contributed by atoms with van der Waals surface area (Å²) in [5, 5.41) is 0. The lowest BCUT2D eigenvalue weighted by Gasteiger charge is -2.42. The molecule has 2 aromatic rings. The fraction of sp³-hybridized carbons (Fsp3) is 0.500. The van der Waals surface area contributed by atoms with Gasteiger partial charge < -0.3 is 14.2 Å². The molecule has 3 aliphatic rings. The van der Waals surface area contributed by atoms with Gasteiger partial charge in [-0.3, -0.25) is 9.97 Å². The van der Waals surface area contributed by atoms with Crippen molar-refractivity contribution in [1.82, 2.24) is 9.97 Å². The van der Waals surface area contributed by atoms with Crippen LogP contribution in [0.25, 0.3) is 0 Å². The van der Waals surface area contributed by atoms with Gasteiger partial charge in [-0.25, -0.2) is 9.59 Å². The highest BCUT2D eigenvalue weighted by atomic mass is 16.6. The summed E-state index contributed by atoms with van der Waals surface area (Å²) in [6.07, 6.45) is 11.5. The fourth-order valence-electron chi connectivity index (χ4n) is 6.52. The zero-order valence-electron chi connectivity index (χ0n) is 23.5. The molecule has 0 aromatic carbocycles. The number of esters is 2. The van der Waals surface area contributed by atoms with E-state index in [1.165, 1.54) is 23.5 Å². The molecule has 1 saturated carbocycles. The Balaban J connectivity index is 1.58. The first-order valence-corrected chi connectivity index (χ1v) is 13.8. The number of hydrogen-bond acceptors (Lipinski definition) is 7. The van der Waals surface area contributed by atoms with Crippen molar-refractivity contribution in [3.05, 3.63) is 83.0 Å².